The molecule has 1 aromatic carbocycles. The Morgan fingerprint density at radius 3 is 2.90 bits per heavy atom. The fraction of sp³-hybridized carbons (Fsp3) is 0.333. The van der Waals surface area contributed by atoms with E-state index in [1.807, 2.05) is 24.6 Å². The average molecular weight is 288 g/mol. The number of methoxy groups -OCH3 is 1. The van der Waals surface area contributed by atoms with Crippen LogP contribution in [0.1, 0.15) is 21.7 Å². The Morgan fingerprint density at radius 2 is 2.25 bits per heavy atom. The molecule has 0 N–H and O–H groups in total. The van der Waals surface area contributed by atoms with Crippen molar-refractivity contribution in [1.29, 1.82) is 5.26 Å². The molecule has 0 aliphatic rings. The molecule has 2 rings (SSSR count). The van der Waals surface area contributed by atoms with Crippen LogP contribution in [0.3, 0.4) is 0 Å². The molecule has 0 spiro atoms. The molecule has 1 aromatic heterocycles. The highest BCUT2D eigenvalue weighted by atomic mass is 32.1. The van der Waals surface area contributed by atoms with Gasteiger partial charge in [-0.25, -0.2) is 4.98 Å². The number of rotatable bonds is 6. The molecule has 0 unspecified atom stereocenters. The molecule has 0 aliphatic carbocycles. The number of aromatic nitrogens is 1. The minimum Gasteiger partial charge on any atom is -0.495 e. The van der Waals surface area contributed by atoms with E-state index in [2.05, 4.69) is 11.1 Å². The van der Waals surface area contributed by atoms with E-state index in [0.29, 0.717) is 24.5 Å². The lowest BCUT2D eigenvalue weighted by molar-refractivity contribution is 0.124. The van der Waals surface area contributed by atoms with Crippen molar-refractivity contribution in [1.82, 2.24) is 4.98 Å². The molecule has 0 atom stereocenters. The standard InChI is InChI=1S/C15H16N2O2S/c1-11-15(20-10-17-11)5-6-19-9-12-3-4-13(8-16)14(7-12)18-2/h3-4,7,10H,5-6,9H2,1-2H3. The van der Waals surface area contributed by atoms with Crippen LogP contribution in [0.4, 0.5) is 0 Å². The number of hydrogen-bond acceptors (Lipinski definition) is 5. The number of thiazole rings is 1. The molecule has 20 heavy (non-hydrogen) atoms. The second-order valence-electron chi connectivity index (χ2n) is 4.31. The molecule has 0 amide bonds. The first-order chi connectivity index (χ1) is 9.74. The van der Waals surface area contributed by atoms with Crippen LogP contribution in [0.5, 0.6) is 5.75 Å². The van der Waals surface area contributed by atoms with Gasteiger partial charge in [0.2, 0.25) is 0 Å². The third-order valence-electron chi connectivity index (χ3n) is 2.97. The molecule has 0 aliphatic heterocycles. The molecule has 2 aromatic rings. The maximum atomic E-state index is 8.92. The van der Waals surface area contributed by atoms with Crippen molar-refractivity contribution in [2.24, 2.45) is 0 Å². The summed E-state index contributed by atoms with van der Waals surface area (Å²) in [6.45, 7) is 3.18. The summed E-state index contributed by atoms with van der Waals surface area (Å²) in [7, 11) is 1.56. The zero-order chi connectivity index (χ0) is 14.4. The fourth-order valence-electron chi connectivity index (χ4n) is 1.84. The number of nitrogens with zero attached hydrogens (tertiary/aromatic N) is 2. The van der Waals surface area contributed by atoms with Crippen molar-refractivity contribution in [2.75, 3.05) is 13.7 Å². The Bertz CT molecular complexity index is 617. The molecule has 0 saturated carbocycles. The van der Waals surface area contributed by atoms with Gasteiger partial charge >= 0.3 is 0 Å². The van der Waals surface area contributed by atoms with Gasteiger partial charge in [-0.3, -0.25) is 0 Å². The van der Waals surface area contributed by atoms with Crippen molar-refractivity contribution in [3.05, 3.63) is 45.4 Å². The first kappa shape index (κ1) is 14.5. The van der Waals surface area contributed by atoms with Gasteiger partial charge in [0.1, 0.15) is 11.8 Å². The van der Waals surface area contributed by atoms with Crippen molar-refractivity contribution in [2.45, 2.75) is 20.0 Å². The molecule has 5 heteroatoms. The Labute approximate surface area is 122 Å². The summed E-state index contributed by atoms with van der Waals surface area (Å²) in [5, 5.41) is 8.92. The Hall–Kier alpha value is -1.90. The lowest BCUT2D eigenvalue weighted by Gasteiger charge is -2.07. The SMILES string of the molecule is COc1cc(COCCc2scnc2C)ccc1C#N. The second kappa shape index (κ2) is 7.04. The van der Waals surface area contributed by atoms with Crippen molar-refractivity contribution in [3.8, 4) is 11.8 Å². The highest BCUT2D eigenvalue weighted by Crippen LogP contribution is 2.20. The summed E-state index contributed by atoms with van der Waals surface area (Å²) in [5.74, 6) is 0.590. The van der Waals surface area contributed by atoms with E-state index in [1.165, 1.54) is 4.88 Å². The predicted octanol–water partition coefficient (Wildman–Crippen LogP) is 3.09. The number of ether oxygens (including phenoxy) is 2. The van der Waals surface area contributed by atoms with Crippen LogP contribution in [0.15, 0.2) is 23.7 Å². The molecule has 0 saturated heterocycles. The zero-order valence-electron chi connectivity index (χ0n) is 11.5. The first-order valence-electron chi connectivity index (χ1n) is 6.28. The minimum atomic E-state index is 0.514. The number of hydrogen-bond donors (Lipinski definition) is 0. The summed E-state index contributed by atoms with van der Waals surface area (Å²) >= 11 is 1.66. The van der Waals surface area contributed by atoms with Gasteiger partial charge in [-0.2, -0.15) is 5.26 Å². The highest BCUT2D eigenvalue weighted by molar-refractivity contribution is 7.09. The van der Waals surface area contributed by atoms with Gasteiger partial charge in [0.25, 0.3) is 0 Å². The van der Waals surface area contributed by atoms with Crippen molar-refractivity contribution >= 4 is 11.3 Å². The topological polar surface area (TPSA) is 55.1 Å². The maximum Gasteiger partial charge on any atom is 0.136 e. The number of nitriles is 1. The summed E-state index contributed by atoms with van der Waals surface area (Å²) in [6.07, 6.45) is 0.879. The van der Waals surface area contributed by atoms with Gasteiger partial charge in [0, 0.05) is 11.3 Å². The highest BCUT2D eigenvalue weighted by Gasteiger charge is 2.05. The van der Waals surface area contributed by atoms with Crippen molar-refractivity contribution in [3.63, 3.8) is 0 Å². The maximum absolute atomic E-state index is 8.92. The third kappa shape index (κ3) is 3.56. The fourth-order valence-corrected chi connectivity index (χ4v) is 2.60. The van der Waals surface area contributed by atoms with Crippen LogP contribution in [0.2, 0.25) is 0 Å². The summed E-state index contributed by atoms with van der Waals surface area (Å²) in [6, 6.07) is 7.58. The average Bonchev–Trinajstić information content (AvgIpc) is 2.88. The molecule has 4 nitrogen and oxygen atoms in total. The van der Waals surface area contributed by atoms with Crippen LogP contribution >= 0.6 is 11.3 Å². The third-order valence-corrected chi connectivity index (χ3v) is 3.97. The van der Waals surface area contributed by atoms with Gasteiger partial charge in [0.15, 0.2) is 0 Å². The Morgan fingerprint density at radius 1 is 1.40 bits per heavy atom. The van der Waals surface area contributed by atoms with Gasteiger partial charge in [-0.1, -0.05) is 6.07 Å². The second-order valence-corrected chi connectivity index (χ2v) is 5.25. The Balaban J connectivity index is 1.85. The van der Waals surface area contributed by atoms with E-state index in [-0.39, 0.29) is 0 Å². The first-order valence-corrected chi connectivity index (χ1v) is 7.16. The summed E-state index contributed by atoms with van der Waals surface area (Å²) < 4.78 is 10.8. The quantitative estimate of drug-likeness (QED) is 0.766. The minimum absolute atomic E-state index is 0.514. The monoisotopic (exact) mass is 288 g/mol. The van der Waals surface area contributed by atoms with Crippen LogP contribution in [-0.2, 0) is 17.8 Å². The Kier molecular flexibility index (Phi) is 5.10. The molecule has 1 heterocycles. The molecule has 0 radical (unpaired) electrons. The van der Waals surface area contributed by atoms with Gasteiger partial charge in [0.05, 0.1) is 37.1 Å². The zero-order valence-corrected chi connectivity index (χ0v) is 12.4. The smallest absolute Gasteiger partial charge is 0.136 e. The predicted molar refractivity (Wildman–Crippen MR) is 77.9 cm³/mol. The van der Waals surface area contributed by atoms with E-state index < -0.39 is 0 Å². The van der Waals surface area contributed by atoms with Crippen LogP contribution in [-0.4, -0.2) is 18.7 Å². The van der Waals surface area contributed by atoms with E-state index in [0.717, 1.165) is 17.7 Å². The lowest BCUT2D eigenvalue weighted by atomic mass is 10.1. The normalized spacial score (nSPS) is 10.2. The molecular weight excluding hydrogens is 272 g/mol. The molecular formula is C15H16N2O2S. The van der Waals surface area contributed by atoms with E-state index >= 15 is 0 Å². The van der Waals surface area contributed by atoms with Gasteiger partial charge in [-0.15, -0.1) is 11.3 Å². The summed E-state index contributed by atoms with van der Waals surface area (Å²) in [5.41, 5.74) is 4.48. The van der Waals surface area contributed by atoms with Crippen LogP contribution in [0, 0.1) is 18.3 Å². The van der Waals surface area contributed by atoms with E-state index in [9.17, 15) is 0 Å². The molecule has 104 valence electrons. The van der Waals surface area contributed by atoms with E-state index in [1.54, 1.807) is 24.5 Å². The van der Waals surface area contributed by atoms with Crippen LogP contribution in [0.25, 0.3) is 0 Å². The van der Waals surface area contributed by atoms with E-state index in [4.69, 9.17) is 14.7 Å². The number of benzene rings is 1. The van der Waals surface area contributed by atoms with Crippen LogP contribution < -0.4 is 4.74 Å². The van der Waals surface area contributed by atoms with Gasteiger partial charge < -0.3 is 9.47 Å². The van der Waals surface area contributed by atoms with Crippen molar-refractivity contribution < 1.29 is 9.47 Å². The number of aryl methyl sites for hydroxylation is 1. The molecule has 0 fully saturated rings. The largest absolute Gasteiger partial charge is 0.495 e. The lowest BCUT2D eigenvalue weighted by Crippen LogP contribution is -2.00. The molecule has 0 bridgehead atoms. The summed E-state index contributed by atoms with van der Waals surface area (Å²) in [4.78, 5) is 5.48. The van der Waals surface area contributed by atoms with Gasteiger partial charge in [-0.05, 0) is 24.6 Å².